The predicted octanol–water partition coefficient (Wildman–Crippen LogP) is 3.15. The molecule has 1 aromatic carbocycles. The molecule has 2 rings (SSSR count). The van der Waals surface area contributed by atoms with Gasteiger partial charge in [-0.25, -0.2) is 0 Å². The van der Waals surface area contributed by atoms with E-state index in [1.54, 1.807) is 7.11 Å². The summed E-state index contributed by atoms with van der Waals surface area (Å²) in [6.45, 7) is 9.21. The van der Waals surface area contributed by atoms with Crippen LogP contribution in [0.4, 0.5) is 11.4 Å². The normalized spacial score (nSPS) is 20.2. The number of rotatable bonds is 2. The Bertz CT molecular complexity index is 423. The van der Waals surface area contributed by atoms with Crippen molar-refractivity contribution in [3.05, 3.63) is 18.2 Å². The van der Waals surface area contributed by atoms with Gasteiger partial charge < -0.3 is 15.4 Å². The molecule has 1 saturated heterocycles. The summed E-state index contributed by atoms with van der Waals surface area (Å²) in [6, 6.07) is 6.06. The third-order valence-electron chi connectivity index (χ3n) is 4.00. The van der Waals surface area contributed by atoms with Gasteiger partial charge in [-0.15, -0.1) is 0 Å². The molecule has 0 amide bonds. The molecule has 3 heteroatoms. The Kier molecular flexibility index (Phi) is 3.42. The number of nitrogens with zero attached hydrogens (tertiary/aromatic N) is 1. The second kappa shape index (κ2) is 4.71. The van der Waals surface area contributed by atoms with E-state index in [9.17, 15) is 0 Å². The van der Waals surface area contributed by atoms with E-state index < -0.39 is 0 Å². The summed E-state index contributed by atoms with van der Waals surface area (Å²) in [5.41, 5.74) is 8.15. The van der Waals surface area contributed by atoms with Crippen LogP contribution in [0.5, 0.6) is 5.75 Å². The Morgan fingerprint density at radius 3 is 2.61 bits per heavy atom. The fourth-order valence-electron chi connectivity index (χ4n) is 2.60. The molecule has 1 aliphatic rings. The highest BCUT2D eigenvalue weighted by molar-refractivity contribution is 5.62. The van der Waals surface area contributed by atoms with E-state index in [0.29, 0.717) is 11.1 Å². The zero-order chi connectivity index (χ0) is 13.3. The zero-order valence-corrected chi connectivity index (χ0v) is 11.9. The van der Waals surface area contributed by atoms with Gasteiger partial charge in [0.1, 0.15) is 5.75 Å². The van der Waals surface area contributed by atoms with E-state index in [-0.39, 0.29) is 0 Å². The Hall–Kier alpha value is -1.38. The van der Waals surface area contributed by atoms with Gasteiger partial charge in [-0.1, -0.05) is 20.8 Å². The molecule has 100 valence electrons. The van der Waals surface area contributed by atoms with E-state index in [4.69, 9.17) is 10.5 Å². The summed E-state index contributed by atoms with van der Waals surface area (Å²) in [5.74, 6) is 1.52. The van der Waals surface area contributed by atoms with Crippen LogP contribution in [0.15, 0.2) is 18.2 Å². The van der Waals surface area contributed by atoms with Crippen molar-refractivity contribution in [3.63, 3.8) is 0 Å². The summed E-state index contributed by atoms with van der Waals surface area (Å²) in [6.07, 6.45) is 1.26. The fraction of sp³-hybridized carbons (Fsp3) is 0.600. The molecule has 3 nitrogen and oxygen atoms in total. The average Bonchev–Trinajstić information content (AvgIpc) is 2.78. The highest BCUT2D eigenvalue weighted by Gasteiger charge is 2.31. The number of hydrogen-bond donors (Lipinski definition) is 1. The van der Waals surface area contributed by atoms with Crippen molar-refractivity contribution in [2.75, 3.05) is 30.8 Å². The largest absolute Gasteiger partial charge is 0.495 e. The van der Waals surface area contributed by atoms with Gasteiger partial charge in [0.25, 0.3) is 0 Å². The lowest BCUT2D eigenvalue weighted by Crippen LogP contribution is -2.25. The summed E-state index contributed by atoms with van der Waals surface area (Å²) in [4.78, 5) is 2.43. The van der Waals surface area contributed by atoms with Crippen molar-refractivity contribution in [2.45, 2.75) is 27.2 Å². The number of nitrogen functional groups attached to an aromatic ring is 1. The minimum absolute atomic E-state index is 0.382. The molecular formula is C15H24N2O. The lowest BCUT2D eigenvalue weighted by atomic mass is 9.80. The van der Waals surface area contributed by atoms with E-state index in [1.165, 1.54) is 12.1 Å². The molecule has 1 unspecified atom stereocenters. The maximum atomic E-state index is 5.85. The van der Waals surface area contributed by atoms with Crippen molar-refractivity contribution in [3.8, 4) is 5.75 Å². The number of anilines is 2. The highest BCUT2D eigenvalue weighted by atomic mass is 16.5. The lowest BCUT2D eigenvalue weighted by molar-refractivity contribution is 0.263. The third-order valence-corrected chi connectivity index (χ3v) is 4.00. The van der Waals surface area contributed by atoms with Gasteiger partial charge >= 0.3 is 0 Å². The second-order valence-electron chi connectivity index (χ2n) is 6.22. The van der Waals surface area contributed by atoms with Gasteiger partial charge in [-0.3, -0.25) is 0 Å². The first-order chi connectivity index (χ1) is 8.41. The Morgan fingerprint density at radius 1 is 1.33 bits per heavy atom. The first-order valence-electron chi connectivity index (χ1n) is 6.60. The van der Waals surface area contributed by atoms with Crippen LogP contribution in [0.3, 0.4) is 0 Å². The standard InChI is InChI=1S/C15H24N2O/c1-15(2,3)11-7-8-17(10-11)12-5-6-13(16)14(9-12)18-4/h5-6,9,11H,7-8,10,16H2,1-4H3. The highest BCUT2D eigenvalue weighted by Crippen LogP contribution is 2.37. The maximum absolute atomic E-state index is 5.85. The molecule has 0 saturated carbocycles. The monoisotopic (exact) mass is 248 g/mol. The van der Waals surface area contributed by atoms with E-state index in [0.717, 1.165) is 24.8 Å². The SMILES string of the molecule is COc1cc(N2CCC(C(C)(C)C)C2)ccc1N. The van der Waals surface area contributed by atoms with Crippen LogP contribution in [0, 0.1) is 11.3 Å². The maximum Gasteiger partial charge on any atom is 0.143 e. The Balaban J connectivity index is 2.14. The van der Waals surface area contributed by atoms with Crippen molar-refractivity contribution in [1.29, 1.82) is 0 Å². The van der Waals surface area contributed by atoms with Crippen molar-refractivity contribution < 1.29 is 4.74 Å². The van der Waals surface area contributed by atoms with Crippen molar-refractivity contribution in [2.24, 2.45) is 11.3 Å². The van der Waals surface area contributed by atoms with Gasteiger partial charge in [-0.2, -0.15) is 0 Å². The Labute approximate surface area is 110 Å². The van der Waals surface area contributed by atoms with Gasteiger partial charge in [0.2, 0.25) is 0 Å². The summed E-state index contributed by atoms with van der Waals surface area (Å²) in [5, 5.41) is 0. The first kappa shape index (κ1) is 13.1. The lowest BCUT2D eigenvalue weighted by Gasteiger charge is -2.27. The van der Waals surface area contributed by atoms with Crippen LogP contribution in [-0.4, -0.2) is 20.2 Å². The molecular weight excluding hydrogens is 224 g/mol. The number of methoxy groups -OCH3 is 1. The summed E-state index contributed by atoms with van der Waals surface area (Å²) in [7, 11) is 1.66. The van der Waals surface area contributed by atoms with Gasteiger partial charge in [0.05, 0.1) is 12.8 Å². The predicted molar refractivity (Wildman–Crippen MR) is 77.2 cm³/mol. The van der Waals surface area contributed by atoms with E-state index in [2.05, 4.69) is 31.7 Å². The summed E-state index contributed by atoms with van der Waals surface area (Å²) < 4.78 is 5.29. The zero-order valence-electron chi connectivity index (χ0n) is 11.9. The van der Waals surface area contributed by atoms with Crippen LogP contribution < -0.4 is 15.4 Å². The second-order valence-corrected chi connectivity index (χ2v) is 6.22. The van der Waals surface area contributed by atoms with Crippen LogP contribution in [0.1, 0.15) is 27.2 Å². The molecule has 0 bridgehead atoms. The van der Waals surface area contributed by atoms with Crippen LogP contribution in [-0.2, 0) is 0 Å². The van der Waals surface area contributed by atoms with Crippen LogP contribution in [0.25, 0.3) is 0 Å². The first-order valence-corrected chi connectivity index (χ1v) is 6.60. The number of ether oxygens (including phenoxy) is 1. The molecule has 2 N–H and O–H groups in total. The number of hydrogen-bond acceptors (Lipinski definition) is 3. The average molecular weight is 248 g/mol. The minimum atomic E-state index is 0.382. The molecule has 1 aliphatic heterocycles. The molecule has 1 atom stereocenters. The topological polar surface area (TPSA) is 38.5 Å². The number of nitrogens with two attached hydrogens (primary N) is 1. The number of benzene rings is 1. The quantitative estimate of drug-likeness (QED) is 0.817. The molecule has 0 aliphatic carbocycles. The molecule has 1 heterocycles. The van der Waals surface area contributed by atoms with Gasteiger partial charge in [0, 0.05) is 24.8 Å². The third kappa shape index (κ3) is 2.55. The van der Waals surface area contributed by atoms with Crippen LogP contribution >= 0.6 is 0 Å². The summed E-state index contributed by atoms with van der Waals surface area (Å²) >= 11 is 0. The molecule has 0 radical (unpaired) electrons. The van der Waals surface area contributed by atoms with Crippen molar-refractivity contribution in [1.82, 2.24) is 0 Å². The fourth-order valence-corrected chi connectivity index (χ4v) is 2.60. The van der Waals surface area contributed by atoms with Crippen molar-refractivity contribution >= 4 is 11.4 Å². The molecule has 1 aromatic rings. The molecule has 1 fully saturated rings. The molecule has 0 spiro atoms. The molecule has 18 heavy (non-hydrogen) atoms. The van der Waals surface area contributed by atoms with Gasteiger partial charge in [0.15, 0.2) is 0 Å². The molecule has 0 aromatic heterocycles. The van der Waals surface area contributed by atoms with E-state index in [1.807, 2.05) is 12.1 Å². The smallest absolute Gasteiger partial charge is 0.143 e. The minimum Gasteiger partial charge on any atom is -0.495 e. The Morgan fingerprint density at radius 2 is 2.06 bits per heavy atom. The van der Waals surface area contributed by atoms with Gasteiger partial charge in [-0.05, 0) is 29.9 Å². The van der Waals surface area contributed by atoms with E-state index >= 15 is 0 Å². The van der Waals surface area contributed by atoms with Crippen LogP contribution in [0.2, 0.25) is 0 Å².